The first-order valence-corrected chi connectivity index (χ1v) is 21.6. The van der Waals surface area contributed by atoms with Crippen molar-refractivity contribution in [3.63, 3.8) is 0 Å². The van der Waals surface area contributed by atoms with Gasteiger partial charge in [-0.25, -0.2) is 4.98 Å². The molecular formula is C59H46N2. The minimum absolute atomic E-state index is 0.209. The Balaban J connectivity index is 1.15. The summed E-state index contributed by atoms with van der Waals surface area (Å²) in [6.07, 6.45) is 3.62. The molecule has 2 nitrogen and oxygen atoms in total. The molecule has 3 atom stereocenters. The monoisotopic (exact) mass is 782 g/mol. The summed E-state index contributed by atoms with van der Waals surface area (Å²) < 4.78 is 2.27. The minimum Gasteiger partial charge on any atom is -0.292 e. The number of fused-ring (bicyclic) bond motifs is 3. The van der Waals surface area contributed by atoms with Gasteiger partial charge >= 0.3 is 0 Å². The molecule has 0 aliphatic heterocycles. The number of benzene rings is 9. The van der Waals surface area contributed by atoms with E-state index in [2.05, 4.69) is 231 Å². The maximum absolute atomic E-state index is 5.17. The Hall–Kier alpha value is -7.29. The van der Waals surface area contributed by atoms with Crippen molar-refractivity contribution < 1.29 is 0 Å². The van der Waals surface area contributed by atoms with Crippen LogP contribution in [0.4, 0.5) is 0 Å². The molecule has 0 bridgehead atoms. The highest BCUT2D eigenvalue weighted by Gasteiger charge is 2.34. The van der Waals surface area contributed by atoms with Crippen molar-refractivity contribution in [3.05, 3.63) is 223 Å². The number of allylic oxidation sites excluding steroid dienone is 2. The molecule has 1 aliphatic rings. The van der Waals surface area contributed by atoms with Crippen LogP contribution >= 0.6 is 0 Å². The second-order valence-corrected chi connectivity index (χ2v) is 16.8. The normalized spacial score (nSPS) is 16.6. The fourth-order valence-electron chi connectivity index (χ4n) is 10.1. The summed E-state index contributed by atoms with van der Waals surface area (Å²) in [5.41, 5.74) is 15.8. The Morgan fingerprint density at radius 3 is 1.79 bits per heavy atom. The number of aromatic nitrogens is 2. The first-order valence-electron chi connectivity index (χ1n) is 21.6. The van der Waals surface area contributed by atoms with Crippen LogP contribution < -0.4 is 0 Å². The highest BCUT2D eigenvalue weighted by molar-refractivity contribution is 6.18. The minimum atomic E-state index is 0.209. The maximum atomic E-state index is 5.17. The van der Waals surface area contributed by atoms with Crippen LogP contribution in [0.3, 0.4) is 0 Å². The first-order chi connectivity index (χ1) is 30.1. The van der Waals surface area contributed by atoms with E-state index in [-0.39, 0.29) is 5.92 Å². The van der Waals surface area contributed by atoms with Crippen LogP contribution in [0.15, 0.2) is 212 Å². The van der Waals surface area contributed by atoms with Gasteiger partial charge in [-0.05, 0) is 120 Å². The molecule has 0 fully saturated rings. The van der Waals surface area contributed by atoms with Crippen molar-refractivity contribution in [2.24, 2.45) is 11.8 Å². The number of nitrogens with zero attached hydrogens (tertiary/aromatic N) is 2. The van der Waals surface area contributed by atoms with Crippen molar-refractivity contribution in [3.8, 4) is 50.5 Å². The summed E-state index contributed by atoms with van der Waals surface area (Å²) in [7, 11) is 0. The van der Waals surface area contributed by atoms with E-state index in [1.807, 2.05) is 0 Å². The lowest BCUT2D eigenvalue weighted by molar-refractivity contribution is 0.353. The van der Waals surface area contributed by atoms with Gasteiger partial charge in [0.1, 0.15) is 5.82 Å². The highest BCUT2D eigenvalue weighted by atomic mass is 15.1. The third-order valence-corrected chi connectivity index (χ3v) is 13.3. The third kappa shape index (κ3) is 6.38. The Morgan fingerprint density at radius 2 is 1.03 bits per heavy atom. The van der Waals surface area contributed by atoms with Crippen LogP contribution in [-0.4, -0.2) is 9.55 Å². The van der Waals surface area contributed by atoms with Crippen LogP contribution in [0.5, 0.6) is 0 Å². The van der Waals surface area contributed by atoms with Gasteiger partial charge in [0, 0.05) is 17.2 Å². The van der Waals surface area contributed by atoms with Gasteiger partial charge in [0.25, 0.3) is 0 Å². The second-order valence-electron chi connectivity index (χ2n) is 16.8. The molecule has 0 spiro atoms. The molecular weight excluding hydrogens is 737 g/mol. The number of hydrogen-bond donors (Lipinski definition) is 0. The van der Waals surface area contributed by atoms with Gasteiger partial charge < -0.3 is 0 Å². The van der Waals surface area contributed by atoms with Gasteiger partial charge in [-0.1, -0.05) is 196 Å². The summed E-state index contributed by atoms with van der Waals surface area (Å²) in [6.45, 7) is 4.92. The molecule has 9 aromatic carbocycles. The van der Waals surface area contributed by atoms with Crippen LogP contribution in [0, 0.1) is 11.8 Å². The Kier molecular flexibility index (Phi) is 9.27. The summed E-state index contributed by atoms with van der Waals surface area (Å²) in [5, 5.41) is 5.22. The average Bonchev–Trinajstić information content (AvgIpc) is 3.72. The molecule has 11 rings (SSSR count). The number of para-hydroxylation sites is 3. The molecule has 1 aliphatic carbocycles. The van der Waals surface area contributed by atoms with E-state index in [1.54, 1.807) is 0 Å². The molecule has 3 unspecified atom stereocenters. The molecule has 10 aromatic rings. The predicted octanol–water partition coefficient (Wildman–Crippen LogP) is 15.8. The zero-order valence-corrected chi connectivity index (χ0v) is 34.5. The average molecular weight is 783 g/mol. The van der Waals surface area contributed by atoms with E-state index in [9.17, 15) is 0 Å². The van der Waals surface area contributed by atoms with E-state index in [1.165, 1.54) is 71.6 Å². The molecule has 1 aromatic heterocycles. The van der Waals surface area contributed by atoms with Crippen LogP contribution in [0.2, 0.25) is 0 Å². The SMILES string of the molecule is CC1CC=C(c2ccccc2)C(c2c3ccccc3c(-c3ccccc3-c3ccccc3)c3ccc(-c4ccc(-c5nc6ccccc6n5-c5ccccc5)cc4)cc23)C1C. The van der Waals surface area contributed by atoms with Crippen LogP contribution in [0.1, 0.15) is 37.3 Å². The van der Waals surface area contributed by atoms with Crippen molar-refractivity contribution in [1.82, 2.24) is 9.55 Å². The standard InChI is InChI=1S/C59H46N2/c1-39-30-36-48(43-20-8-4-9-21-43)56(40(39)2)58-51-27-15-14-26-50(51)57(49-25-13-12-24-47(49)42-18-6-3-7-19-42)52-37-35-45(38-53(52)58)41-31-33-44(34-32-41)59-60-54-28-16-17-29-55(54)61(59)46-22-10-5-11-23-46/h3-29,31-40,56H,30H2,1-2H3. The van der Waals surface area contributed by atoms with Crippen molar-refractivity contribution in [2.75, 3.05) is 0 Å². The van der Waals surface area contributed by atoms with Crippen LogP contribution in [-0.2, 0) is 0 Å². The Bertz CT molecular complexity index is 3230. The molecule has 2 heteroatoms. The molecule has 0 saturated carbocycles. The zero-order valence-electron chi connectivity index (χ0n) is 34.5. The lowest BCUT2D eigenvalue weighted by Gasteiger charge is -2.37. The molecule has 1 heterocycles. The zero-order chi connectivity index (χ0) is 40.9. The summed E-state index contributed by atoms with van der Waals surface area (Å²) >= 11 is 0. The lowest BCUT2D eigenvalue weighted by Crippen LogP contribution is -2.23. The highest BCUT2D eigenvalue weighted by Crippen LogP contribution is 2.53. The predicted molar refractivity (Wildman–Crippen MR) is 258 cm³/mol. The van der Waals surface area contributed by atoms with Gasteiger partial charge in [-0.15, -0.1) is 0 Å². The molecule has 0 saturated heterocycles. The van der Waals surface area contributed by atoms with E-state index in [4.69, 9.17) is 4.98 Å². The quantitative estimate of drug-likeness (QED) is 0.147. The topological polar surface area (TPSA) is 17.8 Å². The molecule has 0 amide bonds. The summed E-state index contributed by atoms with van der Waals surface area (Å²) in [4.78, 5) is 5.17. The first kappa shape index (κ1) is 36.8. The largest absolute Gasteiger partial charge is 0.292 e. The van der Waals surface area contributed by atoms with Gasteiger partial charge in [0.15, 0.2) is 0 Å². The van der Waals surface area contributed by atoms with Gasteiger partial charge in [-0.2, -0.15) is 0 Å². The number of rotatable bonds is 7. The smallest absolute Gasteiger partial charge is 0.145 e. The Morgan fingerprint density at radius 1 is 0.459 bits per heavy atom. The van der Waals surface area contributed by atoms with Crippen LogP contribution in [0.25, 0.3) is 88.6 Å². The van der Waals surface area contributed by atoms with Crippen molar-refractivity contribution in [1.29, 1.82) is 0 Å². The van der Waals surface area contributed by atoms with Crippen molar-refractivity contribution >= 4 is 38.2 Å². The molecule has 61 heavy (non-hydrogen) atoms. The van der Waals surface area contributed by atoms with Gasteiger partial charge in [0.2, 0.25) is 0 Å². The van der Waals surface area contributed by atoms with E-state index in [0.29, 0.717) is 11.8 Å². The van der Waals surface area contributed by atoms with E-state index >= 15 is 0 Å². The van der Waals surface area contributed by atoms with E-state index in [0.717, 1.165) is 34.5 Å². The number of imidazole rings is 1. The third-order valence-electron chi connectivity index (χ3n) is 13.3. The summed E-state index contributed by atoms with van der Waals surface area (Å²) in [5.74, 6) is 2.12. The fraction of sp³-hybridized carbons (Fsp3) is 0.102. The second kappa shape index (κ2) is 15.4. The summed E-state index contributed by atoms with van der Waals surface area (Å²) in [6, 6.07) is 75.3. The number of hydrogen-bond acceptors (Lipinski definition) is 1. The fourth-order valence-corrected chi connectivity index (χ4v) is 10.1. The molecule has 0 N–H and O–H groups in total. The van der Waals surface area contributed by atoms with Gasteiger partial charge in [-0.3, -0.25) is 4.57 Å². The van der Waals surface area contributed by atoms with E-state index < -0.39 is 0 Å². The lowest BCUT2D eigenvalue weighted by atomic mass is 9.66. The molecule has 0 radical (unpaired) electrons. The van der Waals surface area contributed by atoms with Crippen molar-refractivity contribution in [2.45, 2.75) is 26.2 Å². The molecule has 292 valence electrons. The van der Waals surface area contributed by atoms with Gasteiger partial charge in [0.05, 0.1) is 11.0 Å². The maximum Gasteiger partial charge on any atom is 0.145 e. The Labute approximate surface area is 358 Å².